The minimum absolute atomic E-state index is 0.216. The first kappa shape index (κ1) is 14.4. The summed E-state index contributed by atoms with van der Waals surface area (Å²) in [6.45, 7) is 8.09. The van der Waals surface area contributed by atoms with Crippen LogP contribution < -0.4 is 5.32 Å². The molecule has 1 heterocycles. The van der Waals surface area contributed by atoms with Crippen LogP contribution in [0.5, 0.6) is 0 Å². The van der Waals surface area contributed by atoms with Crippen LogP contribution in [0.2, 0.25) is 0 Å². The lowest BCUT2D eigenvalue weighted by atomic mass is 10.1. The maximum Gasteiger partial charge on any atom is 0.433 e. The van der Waals surface area contributed by atoms with Crippen LogP contribution in [-0.4, -0.2) is 18.0 Å². The molecule has 0 saturated heterocycles. The molecule has 1 N–H and O–H groups in total. The van der Waals surface area contributed by atoms with Crippen LogP contribution in [0.25, 0.3) is 6.08 Å². The number of furan rings is 1. The topological polar surface area (TPSA) is 68.3 Å². The third kappa shape index (κ3) is 4.71. The highest BCUT2D eigenvalue weighted by Crippen LogP contribution is 2.18. The first-order valence-electron chi connectivity index (χ1n) is 6.17. The first-order chi connectivity index (χ1) is 8.52. The van der Waals surface area contributed by atoms with Gasteiger partial charge in [-0.25, -0.2) is 0 Å². The van der Waals surface area contributed by atoms with Crippen LogP contribution in [0, 0.1) is 16.0 Å². The highest BCUT2D eigenvalue weighted by Gasteiger charge is 2.10. The Bertz CT molecular complexity index is 422. The first-order valence-corrected chi connectivity index (χ1v) is 6.17. The van der Waals surface area contributed by atoms with Crippen molar-refractivity contribution in [2.45, 2.75) is 27.2 Å². The number of hydrogen-bond donors (Lipinski definition) is 1. The Kier molecular flexibility index (Phi) is 5.58. The highest BCUT2D eigenvalue weighted by molar-refractivity contribution is 5.49. The van der Waals surface area contributed by atoms with E-state index in [1.54, 1.807) is 6.07 Å². The van der Waals surface area contributed by atoms with Crippen molar-refractivity contribution < 1.29 is 9.34 Å². The number of rotatable bonds is 7. The summed E-state index contributed by atoms with van der Waals surface area (Å²) in [6, 6.07) is 3.00. The summed E-state index contributed by atoms with van der Waals surface area (Å²) in [5.41, 5.74) is 1.17. The molecule has 1 aromatic heterocycles. The quantitative estimate of drug-likeness (QED) is 0.597. The molecule has 0 amide bonds. The summed E-state index contributed by atoms with van der Waals surface area (Å²) >= 11 is 0. The Hall–Kier alpha value is -1.62. The van der Waals surface area contributed by atoms with Gasteiger partial charge in [-0.05, 0) is 31.0 Å². The molecule has 0 aliphatic rings. The van der Waals surface area contributed by atoms with Crippen molar-refractivity contribution in [2.24, 2.45) is 5.92 Å². The molecule has 5 nitrogen and oxygen atoms in total. The van der Waals surface area contributed by atoms with Gasteiger partial charge in [0, 0.05) is 6.54 Å². The molecule has 0 radical (unpaired) electrons. The summed E-state index contributed by atoms with van der Waals surface area (Å²) in [5, 5.41) is 13.8. The molecule has 0 aliphatic carbocycles. The molecule has 0 unspecified atom stereocenters. The minimum Gasteiger partial charge on any atom is -0.401 e. The number of nitrogens with one attached hydrogen (secondary N) is 1. The summed E-state index contributed by atoms with van der Waals surface area (Å²) in [4.78, 5) is 9.97. The van der Waals surface area contributed by atoms with E-state index in [2.05, 4.69) is 26.1 Å². The van der Waals surface area contributed by atoms with Gasteiger partial charge in [-0.3, -0.25) is 10.1 Å². The van der Waals surface area contributed by atoms with E-state index >= 15 is 0 Å². The van der Waals surface area contributed by atoms with Crippen LogP contribution in [0.1, 0.15) is 33.0 Å². The van der Waals surface area contributed by atoms with E-state index in [9.17, 15) is 10.1 Å². The molecular formula is C13H20N2O3. The molecule has 0 spiro atoms. The summed E-state index contributed by atoms with van der Waals surface area (Å²) in [7, 11) is 0. The second-order valence-electron chi connectivity index (χ2n) is 4.61. The van der Waals surface area contributed by atoms with Gasteiger partial charge in [0.2, 0.25) is 0 Å². The largest absolute Gasteiger partial charge is 0.433 e. The molecule has 0 bridgehead atoms. The monoisotopic (exact) mass is 252 g/mol. The number of nitrogens with zero attached hydrogens (tertiary/aromatic N) is 1. The molecule has 18 heavy (non-hydrogen) atoms. The van der Waals surface area contributed by atoms with E-state index in [-0.39, 0.29) is 5.88 Å². The lowest BCUT2D eigenvalue weighted by Crippen LogP contribution is -2.21. The van der Waals surface area contributed by atoms with Gasteiger partial charge in [0.1, 0.15) is 10.7 Å². The van der Waals surface area contributed by atoms with E-state index in [1.165, 1.54) is 11.6 Å². The zero-order valence-corrected chi connectivity index (χ0v) is 11.1. The van der Waals surface area contributed by atoms with Gasteiger partial charge in [-0.15, -0.1) is 0 Å². The van der Waals surface area contributed by atoms with Crippen molar-refractivity contribution >= 4 is 12.0 Å². The molecule has 100 valence electrons. The lowest BCUT2D eigenvalue weighted by Gasteiger charge is -2.08. The average Bonchev–Trinajstić information content (AvgIpc) is 2.76. The predicted octanol–water partition coefficient (Wildman–Crippen LogP) is 3.23. The van der Waals surface area contributed by atoms with Crippen molar-refractivity contribution in [3.05, 3.63) is 33.6 Å². The van der Waals surface area contributed by atoms with E-state index in [4.69, 9.17) is 4.42 Å². The predicted molar refractivity (Wildman–Crippen MR) is 71.3 cm³/mol. The maximum atomic E-state index is 10.5. The van der Waals surface area contributed by atoms with Gasteiger partial charge in [-0.2, -0.15) is 0 Å². The fourth-order valence-corrected chi connectivity index (χ4v) is 1.52. The third-order valence-corrected chi connectivity index (χ3v) is 2.50. The SMILES string of the molecule is CCC(=Cc1ccc([N+](=O)[O-])o1)CNCC(C)C. The zero-order chi connectivity index (χ0) is 13.5. The molecule has 1 rings (SSSR count). The summed E-state index contributed by atoms with van der Waals surface area (Å²) < 4.78 is 5.10. The average molecular weight is 252 g/mol. The van der Waals surface area contributed by atoms with Gasteiger partial charge < -0.3 is 9.73 Å². The van der Waals surface area contributed by atoms with Crippen molar-refractivity contribution in [1.29, 1.82) is 0 Å². The Balaban J connectivity index is 2.62. The molecule has 0 atom stereocenters. The third-order valence-electron chi connectivity index (χ3n) is 2.50. The van der Waals surface area contributed by atoms with E-state index in [1.807, 2.05) is 6.08 Å². The second-order valence-corrected chi connectivity index (χ2v) is 4.61. The fraction of sp³-hybridized carbons (Fsp3) is 0.538. The van der Waals surface area contributed by atoms with Gasteiger partial charge in [0.25, 0.3) is 0 Å². The van der Waals surface area contributed by atoms with Gasteiger partial charge >= 0.3 is 5.88 Å². The molecular weight excluding hydrogens is 232 g/mol. The highest BCUT2D eigenvalue weighted by atomic mass is 16.6. The van der Waals surface area contributed by atoms with Crippen molar-refractivity contribution in [1.82, 2.24) is 5.32 Å². The maximum absolute atomic E-state index is 10.5. The molecule has 0 aliphatic heterocycles. The Morgan fingerprint density at radius 2 is 2.28 bits per heavy atom. The normalized spacial score (nSPS) is 12.1. The number of nitro groups is 1. The molecule has 0 fully saturated rings. The van der Waals surface area contributed by atoms with E-state index in [0.29, 0.717) is 11.7 Å². The molecule has 1 aromatic rings. The molecule has 0 saturated carbocycles. The van der Waals surface area contributed by atoms with Crippen molar-refractivity contribution in [3.8, 4) is 0 Å². The molecule has 0 aromatic carbocycles. The Labute approximate surface area is 107 Å². The summed E-state index contributed by atoms with van der Waals surface area (Å²) in [5.74, 6) is 0.921. The second kappa shape index (κ2) is 6.96. The van der Waals surface area contributed by atoms with Gasteiger partial charge in [0.05, 0.1) is 6.07 Å². The zero-order valence-electron chi connectivity index (χ0n) is 11.1. The minimum atomic E-state index is -0.528. The van der Waals surface area contributed by atoms with Crippen LogP contribution in [0.4, 0.5) is 5.88 Å². The fourth-order valence-electron chi connectivity index (χ4n) is 1.52. The molecule has 5 heteroatoms. The Morgan fingerprint density at radius 1 is 1.56 bits per heavy atom. The van der Waals surface area contributed by atoms with Crippen LogP contribution in [-0.2, 0) is 0 Å². The van der Waals surface area contributed by atoms with E-state index < -0.39 is 4.92 Å². The smallest absolute Gasteiger partial charge is 0.401 e. The van der Waals surface area contributed by atoms with Crippen LogP contribution in [0.3, 0.4) is 0 Å². The standard InChI is InChI=1S/C13H20N2O3/c1-4-11(9-14-8-10(2)3)7-12-5-6-13(18-12)15(16)17/h5-7,10,14H,4,8-9H2,1-3H3. The van der Waals surface area contributed by atoms with Crippen molar-refractivity contribution in [2.75, 3.05) is 13.1 Å². The van der Waals surface area contributed by atoms with Crippen LogP contribution in [0.15, 0.2) is 22.1 Å². The lowest BCUT2D eigenvalue weighted by molar-refractivity contribution is -0.402. The van der Waals surface area contributed by atoms with Gasteiger partial charge in [0.15, 0.2) is 0 Å². The van der Waals surface area contributed by atoms with Gasteiger partial charge in [-0.1, -0.05) is 26.3 Å². The number of hydrogen-bond acceptors (Lipinski definition) is 4. The van der Waals surface area contributed by atoms with Crippen molar-refractivity contribution in [3.63, 3.8) is 0 Å². The van der Waals surface area contributed by atoms with Crippen LogP contribution >= 0.6 is 0 Å². The Morgan fingerprint density at radius 3 is 2.78 bits per heavy atom. The summed E-state index contributed by atoms with van der Waals surface area (Å²) in [6.07, 6.45) is 2.75. The van der Waals surface area contributed by atoms with E-state index in [0.717, 1.165) is 19.5 Å².